The second-order valence-electron chi connectivity index (χ2n) is 9.48. The standard InChI is InChI=1S/C29H27F3N2O2/c30-29(31,32)21-13-15-34(16-14-21)18-20-17-33-28(25-7-2-1-6-23(20)25)26-10-4-8-22-19(11-12-27(35)36)5-3-9-24(22)26/h1-10,17,21H,11-16,18H2,(H,35,36). The largest absolute Gasteiger partial charge is 0.481 e. The van der Waals surface area contributed by atoms with Crippen molar-refractivity contribution >= 4 is 27.5 Å². The van der Waals surface area contributed by atoms with Crippen LogP contribution in [0.25, 0.3) is 32.8 Å². The quantitative estimate of drug-likeness (QED) is 0.320. The molecule has 1 aliphatic heterocycles. The predicted octanol–water partition coefficient (Wildman–Crippen LogP) is 6.85. The number of likely N-dealkylation sites (tertiary alicyclic amines) is 1. The lowest BCUT2D eigenvalue weighted by molar-refractivity contribution is -0.185. The molecule has 186 valence electrons. The summed E-state index contributed by atoms with van der Waals surface area (Å²) in [6, 6.07) is 20.0. The molecule has 0 spiro atoms. The van der Waals surface area contributed by atoms with E-state index in [4.69, 9.17) is 10.1 Å². The summed E-state index contributed by atoms with van der Waals surface area (Å²) in [6.45, 7) is 1.40. The van der Waals surface area contributed by atoms with Gasteiger partial charge in [0.1, 0.15) is 0 Å². The van der Waals surface area contributed by atoms with Gasteiger partial charge in [-0.2, -0.15) is 13.2 Å². The van der Waals surface area contributed by atoms with Crippen LogP contribution in [0, 0.1) is 5.92 Å². The SMILES string of the molecule is O=C(O)CCc1cccc2c(-c3ncc(CN4CCC(C(F)(F)F)CC4)c4ccccc34)cccc12. The average Bonchev–Trinajstić information content (AvgIpc) is 2.87. The molecule has 0 amide bonds. The molecule has 4 aromatic rings. The molecule has 0 unspecified atom stereocenters. The summed E-state index contributed by atoms with van der Waals surface area (Å²) < 4.78 is 39.2. The van der Waals surface area contributed by atoms with Gasteiger partial charge in [-0.05, 0) is 59.6 Å². The molecule has 0 atom stereocenters. The van der Waals surface area contributed by atoms with Crippen molar-refractivity contribution in [2.24, 2.45) is 5.92 Å². The van der Waals surface area contributed by atoms with E-state index in [1.54, 1.807) is 0 Å². The number of aromatic nitrogens is 1. The molecular weight excluding hydrogens is 465 g/mol. The Kier molecular flexibility index (Phi) is 6.67. The first kappa shape index (κ1) is 24.3. The van der Waals surface area contributed by atoms with Crippen LogP contribution < -0.4 is 0 Å². The molecule has 5 rings (SSSR count). The van der Waals surface area contributed by atoms with Crippen molar-refractivity contribution in [3.05, 3.63) is 78.0 Å². The second-order valence-corrected chi connectivity index (χ2v) is 9.48. The average molecular weight is 493 g/mol. The summed E-state index contributed by atoms with van der Waals surface area (Å²) in [4.78, 5) is 18.0. The monoisotopic (exact) mass is 492 g/mol. The number of rotatable bonds is 6. The van der Waals surface area contributed by atoms with Crippen LogP contribution in [0.3, 0.4) is 0 Å². The highest BCUT2D eigenvalue weighted by Crippen LogP contribution is 2.37. The molecule has 36 heavy (non-hydrogen) atoms. The molecule has 1 fully saturated rings. The van der Waals surface area contributed by atoms with Crippen LogP contribution in [-0.2, 0) is 17.8 Å². The number of halogens is 3. The Morgan fingerprint density at radius 1 is 0.889 bits per heavy atom. The number of piperidine rings is 1. The Labute approximate surface area is 207 Å². The summed E-state index contributed by atoms with van der Waals surface area (Å²) in [5.41, 5.74) is 3.80. The van der Waals surface area contributed by atoms with Crippen molar-refractivity contribution in [1.29, 1.82) is 0 Å². The maximum Gasteiger partial charge on any atom is 0.391 e. The Hall–Kier alpha value is -3.45. The Morgan fingerprint density at radius 3 is 2.25 bits per heavy atom. The Bertz CT molecular complexity index is 1410. The van der Waals surface area contributed by atoms with Crippen molar-refractivity contribution < 1.29 is 23.1 Å². The molecule has 0 bridgehead atoms. The van der Waals surface area contributed by atoms with Crippen LogP contribution in [-0.4, -0.2) is 40.2 Å². The summed E-state index contributed by atoms with van der Waals surface area (Å²) in [7, 11) is 0. The van der Waals surface area contributed by atoms with Crippen LogP contribution in [0.1, 0.15) is 30.4 Å². The van der Waals surface area contributed by atoms with Gasteiger partial charge in [0.2, 0.25) is 0 Å². The van der Waals surface area contributed by atoms with Crippen molar-refractivity contribution in [2.75, 3.05) is 13.1 Å². The van der Waals surface area contributed by atoms with Gasteiger partial charge in [0.15, 0.2) is 0 Å². The van der Waals surface area contributed by atoms with Gasteiger partial charge in [-0.3, -0.25) is 14.7 Å². The third kappa shape index (κ3) is 4.93. The Balaban J connectivity index is 1.49. The summed E-state index contributed by atoms with van der Waals surface area (Å²) in [5.74, 6) is -2.04. The molecule has 3 aromatic carbocycles. The number of nitrogens with zero attached hydrogens (tertiary/aromatic N) is 2. The highest BCUT2D eigenvalue weighted by atomic mass is 19.4. The molecule has 0 aliphatic carbocycles. The summed E-state index contributed by atoms with van der Waals surface area (Å²) in [5, 5.41) is 13.2. The van der Waals surface area contributed by atoms with Gasteiger partial charge in [0, 0.05) is 30.1 Å². The molecule has 0 saturated carbocycles. The number of alkyl halides is 3. The van der Waals surface area contributed by atoms with Crippen molar-refractivity contribution in [3.63, 3.8) is 0 Å². The van der Waals surface area contributed by atoms with E-state index in [9.17, 15) is 18.0 Å². The number of carboxylic acid groups (broad SMARTS) is 1. The lowest BCUT2D eigenvalue weighted by Gasteiger charge is -2.33. The highest BCUT2D eigenvalue weighted by Gasteiger charge is 2.41. The van der Waals surface area contributed by atoms with Gasteiger partial charge in [-0.25, -0.2) is 0 Å². The van der Waals surface area contributed by atoms with Crippen LogP contribution in [0.5, 0.6) is 0 Å². The van der Waals surface area contributed by atoms with E-state index in [1.807, 2.05) is 66.9 Å². The van der Waals surface area contributed by atoms with Crippen molar-refractivity contribution in [2.45, 2.75) is 38.4 Å². The van der Waals surface area contributed by atoms with Gasteiger partial charge < -0.3 is 5.11 Å². The predicted molar refractivity (Wildman–Crippen MR) is 135 cm³/mol. The first-order chi connectivity index (χ1) is 17.3. The third-order valence-corrected chi connectivity index (χ3v) is 7.20. The summed E-state index contributed by atoms with van der Waals surface area (Å²) >= 11 is 0. The Morgan fingerprint density at radius 2 is 1.53 bits per heavy atom. The number of hydrogen-bond acceptors (Lipinski definition) is 3. The number of aryl methyl sites for hydroxylation is 1. The van der Waals surface area contributed by atoms with Gasteiger partial charge in [-0.1, -0.05) is 60.7 Å². The van der Waals surface area contributed by atoms with Crippen LogP contribution >= 0.6 is 0 Å². The van der Waals surface area contributed by atoms with Crippen molar-refractivity contribution in [1.82, 2.24) is 9.88 Å². The highest BCUT2D eigenvalue weighted by molar-refractivity contribution is 6.05. The molecule has 1 aliphatic rings. The molecule has 0 radical (unpaired) electrons. The smallest absolute Gasteiger partial charge is 0.391 e. The van der Waals surface area contributed by atoms with E-state index in [0.29, 0.717) is 26.1 Å². The molecule has 1 N–H and O–H groups in total. The lowest BCUT2D eigenvalue weighted by Crippen LogP contribution is -2.38. The normalized spacial score (nSPS) is 15.5. The van der Waals surface area contributed by atoms with Gasteiger partial charge >= 0.3 is 12.1 Å². The lowest BCUT2D eigenvalue weighted by atomic mass is 9.93. The minimum atomic E-state index is -4.12. The van der Waals surface area contributed by atoms with E-state index in [2.05, 4.69) is 4.90 Å². The van der Waals surface area contributed by atoms with E-state index in [1.165, 1.54) is 0 Å². The van der Waals surface area contributed by atoms with Crippen molar-refractivity contribution in [3.8, 4) is 11.3 Å². The number of hydrogen-bond donors (Lipinski definition) is 1. The molecule has 1 saturated heterocycles. The maximum absolute atomic E-state index is 13.1. The van der Waals surface area contributed by atoms with E-state index >= 15 is 0 Å². The van der Waals surface area contributed by atoms with Gasteiger partial charge in [-0.15, -0.1) is 0 Å². The fourth-order valence-corrected chi connectivity index (χ4v) is 5.29. The number of aliphatic carboxylic acids is 1. The first-order valence-corrected chi connectivity index (χ1v) is 12.2. The zero-order chi connectivity index (χ0) is 25.3. The minimum absolute atomic E-state index is 0.0689. The second kappa shape index (κ2) is 9.90. The van der Waals surface area contributed by atoms with E-state index in [-0.39, 0.29) is 19.3 Å². The molecule has 2 heterocycles. The molecular formula is C29H27F3N2O2. The van der Waals surface area contributed by atoms with E-state index < -0.39 is 18.1 Å². The molecule has 1 aromatic heterocycles. The molecule has 7 heteroatoms. The fourth-order valence-electron chi connectivity index (χ4n) is 5.29. The number of benzene rings is 3. The maximum atomic E-state index is 13.1. The summed E-state index contributed by atoms with van der Waals surface area (Å²) in [6.07, 6.45) is -1.48. The topological polar surface area (TPSA) is 53.4 Å². The van der Waals surface area contributed by atoms with Gasteiger partial charge in [0.05, 0.1) is 11.6 Å². The number of fused-ring (bicyclic) bond motifs is 2. The van der Waals surface area contributed by atoms with Crippen LogP contribution in [0.4, 0.5) is 13.2 Å². The zero-order valence-corrected chi connectivity index (χ0v) is 19.8. The zero-order valence-electron chi connectivity index (χ0n) is 19.8. The molecule has 4 nitrogen and oxygen atoms in total. The fraction of sp³-hybridized carbons (Fsp3) is 0.310. The number of carbonyl (C=O) groups is 1. The third-order valence-electron chi connectivity index (χ3n) is 7.20. The minimum Gasteiger partial charge on any atom is -0.481 e. The van der Waals surface area contributed by atoms with E-state index in [0.717, 1.165) is 43.9 Å². The van der Waals surface area contributed by atoms with Crippen LogP contribution in [0.15, 0.2) is 66.9 Å². The number of carboxylic acids is 1. The number of pyridine rings is 1. The van der Waals surface area contributed by atoms with Gasteiger partial charge in [0.25, 0.3) is 0 Å². The first-order valence-electron chi connectivity index (χ1n) is 12.2. The van der Waals surface area contributed by atoms with Crippen LogP contribution in [0.2, 0.25) is 0 Å².